The number of hydrogen-bond donors (Lipinski definition) is 4. The number of aliphatic hydroxyl groups excluding tert-OH is 1. The molecule has 10 heteroatoms. The molecule has 6 aromatic rings. The molecule has 0 fully saturated rings. The molecule has 4 N–H and O–H groups in total. The van der Waals surface area contributed by atoms with E-state index in [4.69, 9.17) is 0 Å². The zero-order chi connectivity index (χ0) is 25.5. The smallest absolute Gasteiger partial charge is 0.155 e. The van der Waals surface area contributed by atoms with Crippen LogP contribution in [0.5, 0.6) is 0 Å². The number of hydrogen-bond acceptors (Lipinski definition) is 7. The molecule has 6 rings (SSSR count). The molecule has 1 atom stereocenters. The Morgan fingerprint density at radius 3 is 2.70 bits per heavy atom. The van der Waals surface area contributed by atoms with Gasteiger partial charge in [0.15, 0.2) is 5.65 Å². The molecule has 0 aliphatic carbocycles. The van der Waals surface area contributed by atoms with Crippen LogP contribution in [0.25, 0.3) is 50.3 Å². The van der Waals surface area contributed by atoms with Gasteiger partial charge in [0.2, 0.25) is 0 Å². The number of H-pyrrole nitrogens is 2. The van der Waals surface area contributed by atoms with Crippen molar-refractivity contribution in [2.75, 3.05) is 5.32 Å². The summed E-state index contributed by atoms with van der Waals surface area (Å²) in [6, 6.07) is 8.02. The van der Waals surface area contributed by atoms with E-state index < -0.39 is 6.23 Å². The Morgan fingerprint density at radius 1 is 1.03 bits per heavy atom. The summed E-state index contributed by atoms with van der Waals surface area (Å²) in [7, 11) is 0. The zero-order valence-electron chi connectivity index (χ0n) is 20.8. The fourth-order valence-corrected chi connectivity index (χ4v) is 4.55. The van der Waals surface area contributed by atoms with Gasteiger partial charge in [-0.3, -0.25) is 14.6 Å². The van der Waals surface area contributed by atoms with Gasteiger partial charge in [0, 0.05) is 46.7 Å². The molecule has 1 unspecified atom stereocenters. The van der Waals surface area contributed by atoms with Gasteiger partial charge >= 0.3 is 0 Å². The quantitative estimate of drug-likeness (QED) is 0.234. The van der Waals surface area contributed by atoms with Crippen LogP contribution in [0, 0.1) is 12.8 Å². The third-order valence-corrected chi connectivity index (χ3v) is 6.25. The van der Waals surface area contributed by atoms with Gasteiger partial charge in [-0.2, -0.15) is 5.10 Å². The number of nitrogens with zero attached hydrogens (tertiary/aromatic N) is 6. The van der Waals surface area contributed by atoms with E-state index in [-0.39, 0.29) is 0 Å². The molecule has 6 heterocycles. The van der Waals surface area contributed by atoms with Crippen LogP contribution < -0.4 is 5.32 Å². The van der Waals surface area contributed by atoms with Crippen LogP contribution in [-0.2, 0) is 0 Å². The minimum atomic E-state index is -0.634. The number of aromatic nitrogens is 8. The molecule has 0 radical (unpaired) electrons. The lowest BCUT2D eigenvalue weighted by atomic mass is 10.1. The number of rotatable bonds is 7. The Bertz CT molecular complexity index is 1710. The number of imidazole rings is 1. The summed E-state index contributed by atoms with van der Waals surface area (Å²) >= 11 is 0. The molecule has 0 amide bonds. The van der Waals surface area contributed by atoms with E-state index in [1.807, 2.05) is 29.8 Å². The number of aromatic amines is 2. The second kappa shape index (κ2) is 9.14. The topological polar surface area (TPSA) is 133 Å². The summed E-state index contributed by atoms with van der Waals surface area (Å²) in [6.45, 7) is 6.10. The maximum atomic E-state index is 10.3. The van der Waals surface area contributed by atoms with Crippen molar-refractivity contribution < 1.29 is 5.11 Å². The average molecular weight is 494 g/mol. The maximum absolute atomic E-state index is 10.3. The molecular formula is C27H27N9O. The average Bonchev–Trinajstić information content (AvgIpc) is 3.60. The second-order valence-electron chi connectivity index (χ2n) is 9.65. The van der Waals surface area contributed by atoms with Crippen molar-refractivity contribution in [1.29, 1.82) is 0 Å². The Kier molecular flexibility index (Phi) is 5.65. The van der Waals surface area contributed by atoms with E-state index in [0.717, 1.165) is 56.0 Å². The van der Waals surface area contributed by atoms with Gasteiger partial charge in [-0.25, -0.2) is 15.0 Å². The first-order valence-electron chi connectivity index (χ1n) is 12.2. The summed E-state index contributed by atoms with van der Waals surface area (Å²) in [6.07, 6.45) is 10.8. The summed E-state index contributed by atoms with van der Waals surface area (Å²) in [4.78, 5) is 21.4. The molecule has 0 saturated carbocycles. The predicted molar refractivity (Wildman–Crippen MR) is 143 cm³/mol. The highest BCUT2D eigenvalue weighted by molar-refractivity contribution is 5.97. The summed E-state index contributed by atoms with van der Waals surface area (Å²) in [5.41, 5.74) is 6.74. The first-order chi connectivity index (χ1) is 17.9. The van der Waals surface area contributed by atoms with E-state index in [9.17, 15) is 5.11 Å². The van der Waals surface area contributed by atoms with Gasteiger partial charge in [0.05, 0.1) is 28.8 Å². The van der Waals surface area contributed by atoms with E-state index in [1.165, 1.54) is 0 Å². The van der Waals surface area contributed by atoms with E-state index in [0.29, 0.717) is 18.0 Å². The van der Waals surface area contributed by atoms with Crippen molar-refractivity contribution in [2.45, 2.75) is 33.4 Å². The van der Waals surface area contributed by atoms with E-state index in [1.54, 1.807) is 31.1 Å². The van der Waals surface area contributed by atoms with Crippen molar-refractivity contribution in [2.24, 2.45) is 5.92 Å². The highest BCUT2D eigenvalue weighted by Gasteiger charge is 2.16. The van der Waals surface area contributed by atoms with Gasteiger partial charge in [0.25, 0.3) is 0 Å². The van der Waals surface area contributed by atoms with Gasteiger partial charge in [-0.15, -0.1) is 0 Å². The fraction of sp³-hybridized carbons (Fsp3) is 0.222. The van der Waals surface area contributed by atoms with Crippen LogP contribution in [0.15, 0.2) is 61.6 Å². The predicted octanol–water partition coefficient (Wildman–Crippen LogP) is 4.83. The molecule has 0 bridgehead atoms. The number of pyridine rings is 3. The van der Waals surface area contributed by atoms with Crippen molar-refractivity contribution in [3.63, 3.8) is 0 Å². The highest BCUT2D eigenvalue weighted by Crippen LogP contribution is 2.32. The molecule has 186 valence electrons. The van der Waals surface area contributed by atoms with Gasteiger partial charge < -0.3 is 15.4 Å². The molecule has 10 nitrogen and oxygen atoms in total. The Morgan fingerprint density at radius 2 is 1.89 bits per heavy atom. The maximum Gasteiger partial charge on any atom is 0.155 e. The lowest BCUT2D eigenvalue weighted by Crippen LogP contribution is -2.20. The summed E-state index contributed by atoms with van der Waals surface area (Å²) < 4.78 is 1.92. The van der Waals surface area contributed by atoms with Gasteiger partial charge in [-0.05, 0) is 43.5 Å². The highest BCUT2D eigenvalue weighted by atomic mass is 16.3. The number of anilines is 1. The van der Waals surface area contributed by atoms with Crippen LogP contribution in [0.3, 0.4) is 0 Å². The van der Waals surface area contributed by atoms with Crippen molar-refractivity contribution in [3.8, 4) is 28.3 Å². The minimum absolute atomic E-state index is 0.380. The Balaban J connectivity index is 1.37. The zero-order valence-corrected chi connectivity index (χ0v) is 20.8. The third kappa shape index (κ3) is 4.43. The van der Waals surface area contributed by atoms with Crippen LogP contribution in [0.1, 0.15) is 26.0 Å². The Hall–Kier alpha value is -4.57. The SMILES string of the molecule is Cc1cn(-c2nccc3[nH]c(-c4n[nH]c5ncc(-c6cncc(NC(O)CC(C)C)c6)cc45)cc23)cn1. The van der Waals surface area contributed by atoms with E-state index in [2.05, 4.69) is 66.4 Å². The van der Waals surface area contributed by atoms with Crippen LogP contribution in [0.4, 0.5) is 5.69 Å². The van der Waals surface area contributed by atoms with Crippen molar-refractivity contribution in [1.82, 2.24) is 39.7 Å². The monoisotopic (exact) mass is 493 g/mol. The molecular weight excluding hydrogens is 466 g/mol. The number of aryl methyl sites for hydroxylation is 1. The van der Waals surface area contributed by atoms with Crippen molar-refractivity contribution in [3.05, 3.63) is 67.3 Å². The summed E-state index contributed by atoms with van der Waals surface area (Å²) in [5, 5.41) is 22.9. The molecule has 0 aromatic carbocycles. The normalized spacial score (nSPS) is 12.6. The van der Waals surface area contributed by atoms with E-state index >= 15 is 0 Å². The number of aliphatic hydroxyl groups is 1. The first-order valence-corrected chi connectivity index (χ1v) is 12.2. The molecule has 0 aliphatic heterocycles. The van der Waals surface area contributed by atoms with Crippen LogP contribution >= 0.6 is 0 Å². The van der Waals surface area contributed by atoms with Crippen LogP contribution in [-0.4, -0.2) is 51.0 Å². The Labute approximate surface area is 212 Å². The standard InChI is InChI=1S/C27H27N9O/c1-15(2)6-24(37)32-19-7-17(10-28-12-19)18-8-21-25(34-35-26(21)30-11-18)23-9-20-22(33-23)4-5-29-27(20)36-13-16(3)31-14-36/h4-5,7-15,24,32-33,37H,6H2,1-3H3,(H,30,34,35). The lowest BCUT2D eigenvalue weighted by Gasteiger charge is -2.16. The first kappa shape index (κ1) is 22.9. The second-order valence-corrected chi connectivity index (χ2v) is 9.65. The number of fused-ring (bicyclic) bond motifs is 2. The van der Waals surface area contributed by atoms with Gasteiger partial charge in [-0.1, -0.05) is 13.8 Å². The van der Waals surface area contributed by atoms with Gasteiger partial charge in [0.1, 0.15) is 24.1 Å². The molecule has 37 heavy (non-hydrogen) atoms. The summed E-state index contributed by atoms with van der Waals surface area (Å²) in [5.74, 6) is 1.18. The lowest BCUT2D eigenvalue weighted by molar-refractivity contribution is 0.176. The van der Waals surface area contributed by atoms with Crippen molar-refractivity contribution >= 4 is 27.6 Å². The largest absolute Gasteiger partial charge is 0.374 e. The van der Waals surface area contributed by atoms with Crippen LogP contribution in [0.2, 0.25) is 0 Å². The molecule has 0 saturated heterocycles. The molecule has 6 aromatic heterocycles. The third-order valence-electron chi connectivity index (χ3n) is 6.25. The fourth-order valence-electron chi connectivity index (χ4n) is 4.55. The number of nitrogens with one attached hydrogen (secondary N) is 3. The minimum Gasteiger partial charge on any atom is -0.374 e. The molecule has 0 aliphatic rings. The molecule has 0 spiro atoms.